The first-order valence-corrected chi connectivity index (χ1v) is 5.67. The van der Waals surface area contributed by atoms with Crippen LogP contribution in [0, 0.1) is 0 Å². The number of carbonyl (C=O) groups is 1. The van der Waals surface area contributed by atoms with E-state index in [9.17, 15) is 4.79 Å². The van der Waals surface area contributed by atoms with Gasteiger partial charge in [0, 0.05) is 18.8 Å². The Balaban J connectivity index is 2.44. The van der Waals surface area contributed by atoms with E-state index in [0.29, 0.717) is 0 Å². The Morgan fingerprint density at radius 3 is 2.64 bits per heavy atom. The molecule has 1 amide bonds. The van der Waals surface area contributed by atoms with Crippen LogP contribution in [0.25, 0.3) is 0 Å². The van der Waals surface area contributed by atoms with Gasteiger partial charge in [-0.2, -0.15) is 12.6 Å². The van der Waals surface area contributed by atoms with Crippen LogP contribution in [0.1, 0.15) is 33.1 Å². The maximum Gasteiger partial charge on any atom is 0.233 e. The lowest BCUT2D eigenvalue weighted by atomic mass is 9.92. The van der Waals surface area contributed by atoms with Gasteiger partial charge >= 0.3 is 0 Å². The highest BCUT2D eigenvalue weighted by Crippen LogP contribution is 2.20. The molecular formula is C10H19NO2S. The zero-order valence-corrected chi connectivity index (χ0v) is 9.77. The topological polar surface area (TPSA) is 38.3 Å². The molecule has 0 radical (unpaired) electrons. The molecular weight excluding hydrogens is 198 g/mol. The zero-order chi connectivity index (χ0) is 10.6. The summed E-state index contributed by atoms with van der Waals surface area (Å²) in [4.78, 5) is 11.6. The van der Waals surface area contributed by atoms with Gasteiger partial charge in [0.05, 0.1) is 5.25 Å². The average Bonchev–Trinajstić information content (AvgIpc) is 2.17. The van der Waals surface area contributed by atoms with Crippen LogP contribution in [-0.2, 0) is 9.53 Å². The Morgan fingerprint density at radius 2 is 2.14 bits per heavy atom. The molecule has 0 spiro atoms. The van der Waals surface area contributed by atoms with Crippen molar-refractivity contribution in [3.8, 4) is 0 Å². The minimum Gasteiger partial charge on any atom is -0.381 e. The predicted octanol–water partition coefficient (Wildman–Crippen LogP) is 1.38. The number of amides is 1. The standard InChI is InChI=1S/C10H19NO2S/c1-3-8(14)9(12)11-10(2)4-6-13-7-5-10/h8,14H,3-7H2,1-2H3,(H,11,12). The minimum absolute atomic E-state index is 0.0419. The summed E-state index contributed by atoms with van der Waals surface area (Å²) in [5.74, 6) is 0.0419. The highest BCUT2D eigenvalue weighted by atomic mass is 32.1. The van der Waals surface area contributed by atoms with Crippen LogP contribution in [0.5, 0.6) is 0 Å². The number of carbonyl (C=O) groups excluding carboxylic acids is 1. The van der Waals surface area contributed by atoms with Gasteiger partial charge in [0.25, 0.3) is 0 Å². The van der Waals surface area contributed by atoms with Gasteiger partial charge in [-0.3, -0.25) is 4.79 Å². The number of hydrogen-bond donors (Lipinski definition) is 2. The van der Waals surface area contributed by atoms with Gasteiger partial charge in [-0.25, -0.2) is 0 Å². The van der Waals surface area contributed by atoms with E-state index in [1.54, 1.807) is 0 Å². The summed E-state index contributed by atoms with van der Waals surface area (Å²) in [6.45, 7) is 5.51. The summed E-state index contributed by atoms with van der Waals surface area (Å²) >= 11 is 4.22. The van der Waals surface area contributed by atoms with Crippen molar-refractivity contribution in [2.75, 3.05) is 13.2 Å². The molecule has 0 aromatic rings. The zero-order valence-electron chi connectivity index (χ0n) is 8.88. The Morgan fingerprint density at radius 1 is 1.57 bits per heavy atom. The summed E-state index contributed by atoms with van der Waals surface area (Å²) in [5.41, 5.74) is -0.0918. The Bertz CT molecular complexity index is 202. The fourth-order valence-electron chi connectivity index (χ4n) is 1.51. The van der Waals surface area contributed by atoms with Gasteiger partial charge in [-0.05, 0) is 26.2 Å². The fourth-order valence-corrected chi connectivity index (χ4v) is 1.58. The van der Waals surface area contributed by atoms with Crippen molar-refractivity contribution in [2.24, 2.45) is 0 Å². The molecule has 1 aliphatic rings. The first-order chi connectivity index (χ1) is 6.57. The number of hydrogen-bond acceptors (Lipinski definition) is 3. The number of rotatable bonds is 3. The van der Waals surface area contributed by atoms with Crippen molar-refractivity contribution in [3.05, 3.63) is 0 Å². The second-order valence-corrected chi connectivity index (χ2v) is 4.71. The van der Waals surface area contributed by atoms with E-state index in [0.717, 1.165) is 32.5 Å². The van der Waals surface area contributed by atoms with E-state index in [2.05, 4.69) is 24.9 Å². The molecule has 0 saturated carbocycles. The summed E-state index contributed by atoms with van der Waals surface area (Å²) in [6, 6.07) is 0. The molecule has 0 bridgehead atoms. The molecule has 1 fully saturated rings. The molecule has 1 unspecified atom stereocenters. The second-order valence-electron chi connectivity index (χ2n) is 4.09. The third-order valence-electron chi connectivity index (χ3n) is 2.71. The van der Waals surface area contributed by atoms with Gasteiger partial charge in [-0.15, -0.1) is 0 Å². The molecule has 1 atom stereocenters. The van der Waals surface area contributed by atoms with Crippen molar-refractivity contribution in [2.45, 2.75) is 43.9 Å². The molecule has 4 heteroatoms. The van der Waals surface area contributed by atoms with Gasteiger partial charge in [0.2, 0.25) is 5.91 Å². The molecule has 14 heavy (non-hydrogen) atoms. The summed E-state index contributed by atoms with van der Waals surface area (Å²) in [7, 11) is 0. The normalized spacial score (nSPS) is 22.8. The summed E-state index contributed by atoms with van der Waals surface area (Å²) < 4.78 is 5.26. The first-order valence-electron chi connectivity index (χ1n) is 5.15. The lowest BCUT2D eigenvalue weighted by molar-refractivity contribution is -0.123. The third kappa shape index (κ3) is 3.17. The Kier molecular flexibility index (Phi) is 4.26. The second kappa shape index (κ2) is 5.03. The largest absolute Gasteiger partial charge is 0.381 e. The monoisotopic (exact) mass is 217 g/mol. The van der Waals surface area contributed by atoms with Crippen LogP contribution in [-0.4, -0.2) is 29.9 Å². The fraction of sp³-hybridized carbons (Fsp3) is 0.900. The predicted molar refractivity (Wildman–Crippen MR) is 59.7 cm³/mol. The van der Waals surface area contributed by atoms with Crippen LogP contribution in [0.2, 0.25) is 0 Å². The third-order valence-corrected chi connectivity index (χ3v) is 3.31. The Hall–Kier alpha value is -0.220. The maximum absolute atomic E-state index is 11.6. The van der Waals surface area contributed by atoms with Crippen molar-refractivity contribution >= 4 is 18.5 Å². The maximum atomic E-state index is 11.6. The van der Waals surface area contributed by atoms with Crippen LogP contribution in [0.3, 0.4) is 0 Å². The molecule has 82 valence electrons. The molecule has 1 N–H and O–H groups in total. The molecule has 1 rings (SSSR count). The SMILES string of the molecule is CCC(S)C(=O)NC1(C)CCOCC1. The molecule has 0 aliphatic carbocycles. The molecule has 0 aromatic carbocycles. The molecule has 0 aromatic heterocycles. The van der Waals surface area contributed by atoms with Gasteiger partial charge in [-0.1, -0.05) is 6.92 Å². The van der Waals surface area contributed by atoms with Gasteiger partial charge < -0.3 is 10.1 Å². The van der Waals surface area contributed by atoms with E-state index in [1.807, 2.05) is 6.92 Å². The van der Waals surface area contributed by atoms with Crippen LogP contribution in [0.4, 0.5) is 0 Å². The van der Waals surface area contributed by atoms with E-state index in [4.69, 9.17) is 4.74 Å². The molecule has 1 aliphatic heterocycles. The number of nitrogens with one attached hydrogen (secondary N) is 1. The average molecular weight is 217 g/mol. The van der Waals surface area contributed by atoms with E-state index in [-0.39, 0.29) is 16.7 Å². The van der Waals surface area contributed by atoms with E-state index in [1.165, 1.54) is 0 Å². The van der Waals surface area contributed by atoms with Crippen molar-refractivity contribution in [3.63, 3.8) is 0 Å². The highest BCUT2D eigenvalue weighted by molar-refractivity contribution is 7.81. The van der Waals surface area contributed by atoms with Gasteiger partial charge in [0.1, 0.15) is 0 Å². The number of thiol groups is 1. The molecule has 3 nitrogen and oxygen atoms in total. The summed E-state index contributed by atoms with van der Waals surface area (Å²) in [6.07, 6.45) is 2.55. The lowest BCUT2D eigenvalue weighted by Gasteiger charge is -2.35. The van der Waals surface area contributed by atoms with Crippen molar-refractivity contribution in [1.29, 1.82) is 0 Å². The minimum atomic E-state index is -0.185. The van der Waals surface area contributed by atoms with Crippen LogP contribution < -0.4 is 5.32 Å². The smallest absolute Gasteiger partial charge is 0.233 e. The Labute approximate surface area is 91.0 Å². The van der Waals surface area contributed by atoms with Crippen LogP contribution >= 0.6 is 12.6 Å². The first kappa shape index (κ1) is 11.9. The van der Waals surface area contributed by atoms with Crippen LogP contribution in [0.15, 0.2) is 0 Å². The van der Waals surface area contributed by atoms with Crippen molar-refractivity contribution in [1.82, 2.24) is 5.32 Å². The quantitative estimate of drug-likeness (QED) is 0.701. The van der Waals surface area contributed by atoms with E-state index < -0.39 is 0 Å². The van der Waals surface area contributed by atoms with Gasteiger partial charge in [0.15, 0.2) is 0 Å². The highest BCUT2D eigenvalue weighted by Gasteiger charge is 2.30. The lowest BCUT2D eigenvalue weighted by Crippen LogP contribution is -2.51. The van der Waals surface area contributed by atoms with E-state index >= 15 is 0 Å². The number of ether oxygens (including phenoxy) is 1. The molecule has 1 heterocycles. The van der Waals surface area contributed by atoms with Crippen molar-refractivity contribution < 1.29 is 9.53 Å². The molecule has 1 saturated heterocycles. The summed E-state index contributed by atoms with van der Waals surface area (Å²) in [5, 5.41) is 2.87.